The molecule has 0 spiro atoms. The molecule has 2 atom stereocenters. The van der Waals surface area contributed by atoms with Gasteiger partial charge in [0.25, 0.3) is 0 Å². The van der Waals surface area contributed by atoms with Crippen LogP contribution >= 0.6 is 15.9 Å². The summed E-state index contributed by atoms with van der Waals surface area (Å²) in [6, 6.07) is 0.767. The average Bonchev–Trinajstić information content (AvgIpc) is 2.54. The molecule has 0 saturated carbocycles. The van der Waals surface area contributed by atoms with Gasteiger partial charge in [0.1, 0.15) is 5.82 Å². The molecular weight excluding hydrogens is 284 g/mol. The maximum absolute atomic E-state index is 9.78. The molecule has 2 unspecified atom stereocenters. The zero-order valence-corrected chi connectivity index (χ0v) is 11.0. The summed E-state index contributed by atoms with van der Waals surface area (Å²) < 4.78 is 0.875. The largest absolute Gasteiger partial charge is 0.393 e. The summed E-state index contributed by atoms with van der Waals surface area (Å²) in [6.45, 7) is 0. The highest BCUT2D eigenvalue weighted by Crippen LogP contribution is 2.40. The number of halogens is 1. The van der Waals surface area contributed by atoms with Gasteiger partial charge in [0.15, 0.2) is 0 Å². The van der Waals surface area contributed by atoms with E-state index in [1.54, 1.807) is 6.20 Å². The first kappa shape index (κ1) is 11.2. The van der Waals surface area contributed by atoms with Crippen molar-refractivity contribution < 1.29 is 5.11 Å². The van der Waals surface area contributed by atoms with Crippen LogP contribution in [0.15, 0.2) is 10.7 Å². The van der Waals surface area contributed by atoms with Crippen LogP contribution in [0, 0.1) is 0 Å². The Morgan fingerprint density at radius 3 is 2.65 bits per heavy atom. The average molecular weight is 299 g/mol. The summed E-state index contributed by atoms with van der Waals surface area (Å²) in [5.74, 6) is 1.17. The molecule has 6 heteroatoms. The Labute approximate surface area is 108 Å². The zero-order valence-electron chi connectivity index (χ0n) is 9.38. The van der Waals surface area contributed by atoms with Crippen molar-refractivity contribution in [2.45, 2.75) is 43.9 Å². The molecule has 2 aliphatic rings. The Bertz CT molecular complexity index is 427. The first-order valence-electron chi connectivity index (χ1n) is 5.89. The summed E-state index contributed by atoms with van der Waals surface area (Å²) in [5.41, 5.74) is 5.65. The third-order valence-electron chi connectivity index (χ3n) is 3.70. The van der Waals surface area contributed by atoms with Gasteiger partial charge >= 0.3 is 0 Å². The van der Waals surface area contributed by atoms with Crippen molar-refractivity contribution in [3.05, 3.63) is 10.7 Å². The van der Waals surface area contributed by atoms with E-state index in [4.69, 9.17) is 5.73 Å². The molecule has 5 nitrogen and oxygen atoms in total. The minimum Gasteiger partial charge on any atom is -0.393 e. The molecule has 0 aliphatic carbocycles. The van der Waals surface area contributed by atoms with Gasteiger partial charge in [-0.2, -0.15) is 4.98 Å². The van der Waals surface area contributed by atoms with Crippen molar-refractivity contribution >= 4 is 27.7 Å². The van der Waals surface area contributed by atoms with Crippen LogP contribution in [0.2, 0.25) is 0 Å². The Hall–Kier alpha value is -0.880. The molecule has 2 bridgehead atoms. The highest BCUT2D eigenvalue weighted by atomic mass is 79.9. The molecule has 0 radical (unpaired) electrons. The first-order chi connectivity index (χ1) is 8.15. The lowest BCUT2D eigenvalue weighted by Gasteiger charge is -2.38. The molecule has 1 aromatic rings. The maximum Gasteiger partial charge on any atom is 0.222 e. The fourth-order valence-corrected chi connectivity index (χ4v) is 3.44. The lowest BCUT2D eigenvalue weighted by Crippen LogP contribution is -2.45. The SMILES string of the molecule is Nc1ncc(Br)c(N2C3CCC2CC(O)C3)n1. The molecule has 0 aromatic carbocycles. The molecule has 2 aliphatic heterocycles. The molecule has 3 rings (SSSR count). The fraction of sp³-hybridized carbons (Fsp3) is 0.636. The van der Waals surface area contributed by atoms with E-state index in [2.05, 4.69) is 30.8 Å². The van der Waals surface area contributed by atoms with Crippen LogP contribution in [0.25, 0.3) is 0 Å². The fourth-order valence-electron chi connectivity index (χ4n) is 3.05. The Morgan fingerprint density at radius 1 is 1.35 bits per heavy atom. The molecule has 2 saturated heterocycles. The number of nitrogens with zero attached hydrogens (tertiary/aromatic N) is 3. The number of aromatic nitrogens is 2. The van der Waals surface area contributed by atoms with E-state index >= 15 is 0 Å². The first-order valence-corrected chi connectivity index (χ1v) is 6.69. The number of aliphatic hydroxyl groups is 1. The second-order valence-corrected chi connectivity index (χ2v) is 5.67. The summed E-state index contributed by atoms with van der Waals surface area (Å²) in [4.78, 5) is 10.6. The molecule has 92 valence electrons. The van der Waals surface area contributed by atoms with Crippen LogP contribution in [0.4, 0.5) is 11.8 Å². The topological polar surface area (TPSA) is 75.3 Å². The highest BCUT2D eigenvalue weighted by Gasteiger charge is 2.41. The molecule has 3 heterocycles. The third-order valence-corrected chi connectivity index (χ3v) is 4.26. The Kier molecular flexibility index (Phi) is 2.71. The van der Waals surface area contributed by atoms with E-state index in [-0.39, 0.29) is 6.10 Å². The number of piperidine rings is 1. The number of nitrogens with two attached hydrogens (primary N) is 1. The van der Waals surface area contributed by atoms with Gasteiger partial charge in [-0.25, -0.2) is 4.98 Å². The number of rotatable bonds is 1. The predicted molar refractivity (Wildman–Crippen MR) is 68.7 cm³/mol. The van der Waals surface area contributed by atoms with Crippen LogP contribution in [0.3, 0.4) is 0 Å². The van der Waals surface area contributed by atoms with Gasteiger partial charge in [-0.05, 0) is 41.6 Å². The molecular formula is C11H15BrN4O. The minimum atomic E-state index is -0.165. The number of anilines is 2. The van der Waals surface area contributed by atoms with E-state index in [0.717, 1.165) is 36.0 Å². The normalized spacial score (nSPS) is 31.9. The smallest absolute Gasteiger partial charge is 0.222 e. The second-order valence-electron chi connectivity index (χ2n) is 4.82. The van der Waals surface area contributed by atoms with Crippen molar-refractivity contribution in [1.29, 1.82) is 0 Å². The molecule has 1 aromatic heterocycles. The van der Waals surface area contributed by atoms with Crippen LogP contribution < -0.4 is 10.6 Å². The van der Waals surface area contributed by atoms with E-state index in [9.17, 15) is 5.11 Å². The van der Waals surface area contributed by atoms with Crippen molar-refractivity contribution in [2.24, 2.45) is 0 Å². The van der Waals surface area contributed by atoms with E-state index in [1.807, 2.05) is 0 Å². The van der Waals surface area contributed by atoms with Gasteiger partial charge < -0.3 is 15.7 Å². The number of hydrogen-bond acceptors (Lipinski definition) is 5. The third kappa shape index (κ3) is 1.89. The number of fused-ring (bicyclic) bond motifs is 2. The maximum atomic E-state index is 9.78. The predicted octanol–water partition coefficient (Wildman–Crippen LogP) is 1.31. The standard InChI is InChI=1S/C11H15BrN4O/c12-9-5-14-11(13)15-10(9)16-6-1-2-7(16)4-8(17)3-6/h5-8,17H,1-4H2,(H2,13,14,15). The molecule has 3 N–H and O–H groups in total. The van der Waals surface area contributed by atoms with Gasteiger partial charge in [0.05, 0.1) is 10.6 Å². The lowest BCUT2D eigenvalue weighted by atomic mass is 10.00. The van der Waals surface area contributed by atoms with Gasteiger partial charge in [-0.1, -0.05) is 0 Å². The molecule has 2 fully saturated rings. The monoisotopic (exact) mass is 298 g/mol. The second kappa shape index (κ2) is 4.10. The van der Waals surface area contributed by atoms with Gasteiger partial charge in [-0.15, -0.1) is 0 Å². The minimum absolute atomic E-state index is 0.165. The Balaban J connectivity index is 1.97. The number of nitrogen functional groups attached to an aromatic ring is 1. The van der Waals surface area contributed by atoms with Crippen molar-refractivity contribution in [2.75, 3.05) is 10.6 Å². The van der Waals surface area contributed by atoms with Crippen molar-refractivity contribution in [3.8, 4) is 0 Å². The molecule has 0 amide bonds. The number of hydrogen-bond donors (Lipinski definition) is 2. The van der Waals surface area contributed by atoms with Crippen molar-refractivity contribution in [3.63, 3.8) is 0 Å². The highest BCUT2D eigenvalue weighted by molar-refractivity contribution is 9.10. The van der Waals surface area contributed by atoms with Crippen LogP contribution in [0.1, 0.15) is 25.7 Å². The van der Waals surface area contributed by atoms with Gasteiger partial charge in [0, 0.05) is 18.3 Å². The van der Waals surface area contributed by atoms with Crippen LogP contribution in [-0.2, 0) is 0 Å². The quantitative estimate of drug-likeness (QED) is 0.818. The molecule has 17 heavy (non-hydrogen) atoms. The number of aliphatic hydroxyl groups excluding tert-OH is 1. The van der Waals surface area contributed by atoms with Crippen molar-refractivity contribution in [1.82, 2.24) is 9.97 Å². The summed E-state index contributed by atoms with van der Waals surface area (Å²) in [5, 5.41) is 9.78. The van der Waals surface area contributed by atoms with Gasteiger partial charge in [-0.3, -0.25) is 0 Å². The lowest BCUT2D eigenvalue weighted by molar-refractivity contribution is 0.126. The van der Waals surface area contributed by atoms with Gasteiger partial charge in [0.2, 0.25) is 5.95 Å². The summed E-state index contributed by atoms with van der Waals surface area (Å²) in [7, 11) is 0. The zero-order chi connectivity index (χ0) is 12.0. The van der Waals surface area contributed by atoms with E-state index in [1.165, 1.54) is 0 Å². The summed E-state index contributed by atoms with van der Waals surface area (Å²) in [6.07, 6.45) is 5.43. The summed E-state index contributed by atoms with van der Waals surface area (Å²) >= 11 is 3.48. The van der Waals surface area contributed by atoms with E-state index < -0.39 is 0 Å². The van der Waals surface area contributed by atoms with Crippen LogP contribution in [0.5, 0.6) is 0 Å². The van der Waals surface area contributed by atoms with E-state index in [0.29, 0.717) is 18.0 Å². The Morgan fingerprint density at radius 2 is 2.00 bits per heavy atom. The van der Waals surface area contributed by atoms with Crippen LogP contribution in [-0.4, -0.2) is 33.3 Å².